The van der Waals surface area contributed by atoms with Crippen LogP contribution in [-0.4, -0.2) is 50.5 Å². The van der Waals surface area contributed by atoms with Crippen molar-refractivity contribution < 1.29 is 36.2 Å². The number of hydrogen-bond donors (Lipinski definition) is 1. The SMILES string of the molecule is Cn1cncc1[C@@](O)(c1ccc(C(F)(F)F)nc1)c1ccc2nc(N3CCC3)c(OCC(F)(F)F)c(Cl)c2c1. The number of imidazole rings is 1. The summed E-state index contributed by atoms with van der Waals surface area (Å²) >= 11 is 6.60. The van der Waals surface area contributed by atoms with Gasteiger partial charge in [-0.15, -0.1) is 0 Å². The zero-order valence-corrected chi connectivity index (χ0v) is 20.9. The maximum atomic E-state index is 13.1. The van der Waals surface area contributed by atoms with Crippen LogP contribution in [0.25, 0.3) is 10.9 Å². The summed E-state index contributed by atoms with van der Waals surface area (Å²) in [5.74, 6) is -0.0804. The number of nitrogens with zero attached hydrogens (tertiary/aromatic N) is 5. The van der Waals surface area contributed by atoms with Gasteiger partial charge in [0.15, 0.2) is 23.8 Å². The van der Waals surface area contributed by atoms with Gasteiger partial charge >= 0.3 is 12.4 Å². The maximum absolute atomic E-state index is 13.1. The number of aromatic nitrogens is 4. The molecular weight excluding hydrogens is 552 g/mol. The Morgan fingerprint density at radius 2 is 1.74 bits per heavy atom. The quantitative estimate of drug-likeness (QED) is 0.309. The molecule has 1 aromatic carbocycles. The third-order valence-electron chi connectivity index (χ3n) is 6.47. The van der Waals surface area contributed by atoms with Crippen molar-refractivity contribution in [3.63, 3.8) is 0 Å². The van der Waals surface area contributed by atoms with E-state index in [4.69, 9.17) is 16.3 Å². The van der Waals surface area contributed by atoms with Gasteiger partial charge < -0.3 is 19.3 Å². The Bertz CT molecular complexity index is 1520. The molecule has 206 valence electrons. The van der Waals surface area contributed by atoms with Gasteiger partial charge in [0.2, 0.25) is 0 Å². The molecule has 0 spiro atoms. The molecule has 1 aliphatic heterocycles. The summed E-state index contributed by atoms with van der Waals surface area (Å²) in [6, 6.07) is 6.28. The van der Waals surface area contributed by atoms with Crippen LogP contribution in [0.4, 0.5) is 32.2 Å². The van der Waals surface area contributed by atoms with Crippen LogP contribution in [0.5, 0.6) is 5.75 Å². The first-order chi connectivity index (χ1) is 18.3. The zero-order valence-electron chi connectivity index (χ0n) is 20.2. The van der Waals surface area contributed by atoms with Gasteiger partial charge in [-0.2, -0.15) is 26.3 Å². The molecule has 1 saturated heterocycles. The Hall–Kier alpha value is -3.58. The molecule has 7 nitrogen and oxygen atoms in total. The smallest absolute Gasteiger partial charge is 0.433 e. The largest absolute Gasteiger partial charge is 0.479 e. The minimum absolute atomic E-state index is 0.00623. The molecule has 0 bridgehead atoms. The van der Waals surface area contributed by atoms with Crippen molar-refractivity contribution in [2.45, 2.75) is 24.4 Å². The van der Waals surface area contributed by atoms with Crippen molar-refractivity contribution in [3.8, 4) is 5.75 Å². The molecule has 39 heavy (non-hydrogen) atoms. The van der Waals surface area contributed by atoms with Crippen molar-refractivity contribution in [2.75, 3.05) is 24.6 Å². The molecule has 5 rings (SSSR count). The van der Waals surface area contributed by atoms with E-state index < -0.39 is 30.3 Å². The molecule has 1 fully saturated rings. The normalized spacial score (nSPS) is 15.8. The number of halogens is 7. The lowest BCUT2D eigenvalue weighted by Gasteiger charge is -2.34. The number of fused-ring (bicyclic) bond motifs is 1. The highest BCUT2D eigenvalue weighted by atomic mass is 35.5. The van der Waals surface area contributed by atoms with E-state index >= 15 is 0 Å². The van der Waals surface area contributed by atoms with Gasteiger partial charge in [-0.3, -0.25) is 4.98 Å². The molecule has 4 heterocycles. The van der Waals surface area contributed by atoms with Gasteiger partial charge in [0.05, 0.1) is 28.8 Å². The number of hydrogen-bond acceptors (Lipinski definition) is 6. The molecule has 0 radical (unpaired) electrons. The van der Waals surface area contributed by atoms with Gasteiger partial charge in [-0.05, 0) is 30.2 Å². The van der Waals surface area contributed by atoms with E-state index in [0.717, 1.165) is 24.8 Å². The number of alkyl halides is 6. The van der Waals surface area contributed by atoms with Gasteiger partial charge in [0, 0.05) is 37.3 Å². The Kier molecular flexibility index (Phi) is 6.62. The fourth-order valence-electron chi connectivity index (χ4n) is 4.39. The standard InChI is InChI=1S/C25H20ClF6N5O2/c1-36-13-33-11-19(36)24(38,15-4-6-18(34-10-15)25(30,31)32)14-3-5-17-16(9-14)20(26)21(39-12-23(27,28)29)22(35-17)37-7-2-8-37/h3-6,9-11,13,38H,2,7-8,12H2,1H3/t24-/m0/s1. The van der Waals surface area contributed by atoms with Crippen LogP contribution in [-0.2, 0) is 18.8 Å². The number of aliphatic hydroxyl groups is 1. The first kappa shape index (κ1) is 27.0. The molecule has 4 aromatic rings. The Balaban J connectivity index is 1.69. The predicted octanol–water partition coefficient (Wildman–Crippen LogP) is 5.47. The Morgan fingerprint density at radius 1 is 1.03 bits per heavy atom. The van der Waals surface area contributed by atoms with Gasteiger partial charge in [-0.25, -0.2) is 9.97 Å². The second kappa shape index (κ2) is 9.56. The number of aryl methyl sites for hydroxylation is 1. The molecule has 1 N–H and O–H groups in total. The van der Waals surface area contributed by atoms with Crippen LogP contribution >= 0.6 is 11.6 Å². The molecule has 14 heteroatoms. The third-order valence-corrected chi connectivity index (χ3v) is 6.85. The van der Waals surface area contributed by atoms with Gasteiger partial charge in [0.1, 0.15) is 5.69 Å². The second-order valence-corrected chi connectivity index (χ2v) is 9.46. The van der Waals surface area contributed by atoms with E-state index in [2.05, 4.69) is 15.0 Å². The van der Waals surface area contributed by atoms with E-state index in [9.17, 15) is 31.4 Å². The summed E-state index contributed by atoms with van der Waals surface area (Å²) in [7, 11) is 1.59. The van der Waals surface area contributed by atoms with Gasteiger partial charge in [-0.1, -0.05) is 23.7 Å². The summed E-state index contributed by atoms with van der Waals surface area (Å²) in [5.41, 5.74) is -2.56. The topological polar surface area (TPSA) is 76.3 Å². The summed E-state index contributed by atoms with van der Waals surface area (Å²) in [5, 5.41) is 12.1. The lowest BCUT2D eigenvalue weighted by atomic mass is 9.83. The maximum Gasteiger partial charge on any atom is 0.433 e. The minimum atomic E-state index is -4.69. The van der Waals surface area contributed by atoms with E-state index in [-0.39, 0.29) is 38.8 Å². The van der Waals surface area contributed by atoms with Crippen molar-refractivity contribution in [2.24, 2.45) is 7.05 Å². The second-order valence-electron chi connectivity index (χ2n) is 9.08. The number of pyridine rings is 2. The first-order valence-corrected chi connectivity index (χ1v) is 12.0. The van der Waals surface area contributed by atoms with E-state index in [1.807, 2.05) is 0 Å². The molecule has 0 unspecified atom stereocenters. The molecule has 0 saturated carbocycles. The van der Waals surface area contributed by atoms with E-state index in [1.54, 1.807) is 11.9 Å². The summed E-state index contributed by atoms with van der Waals surface area (Å²) in [4.78, 5) is 13.7. The Labute approximate surface area is 222 Å². The highest BCUT2D eigenvalue weighted by Gasteiger charge is 2.39. The molecule has 3 aromatic heterocycles. The summed E-state index contributed by atoms with van der Waals surface area (Å²) in [6.07, 6.45) is -4.84. The van der Waals surface area contributed by atoms with Crippen LogP contribution < -0.4 is 9.64 Å². The lowest BCUT2D eigenvalue weighted by molar-refractivity contribution is -0.153. The van der Waals surface area contributed by atoms with Crippen LogP contribution in [0.2, 0.25) is 5.02 Å². The predicted molar refractivity (Wildman–Crippen MR) is 130 cm³/mol. The van der Waals surface area contributed by atoms with Crippen molar-refractivity contribution >= 4 is 28.3 Å². The average molecular weight is 572 g/mol. The average Bonchev–Trinajstić information content (AvgIpc) is 3.27. The van der Waals surface area contributed by atoms with Crippen LogP contribution in [0.1, 0.15) is 28.9 Å². The summed E-state index contributed by atoms with van der Waals surface area (Å²) in [6.45, 7) is -0.455. The highest BCUT2D eigenvalue weighted by Crippen LogP contribution is 2.44. The van der Waals surface area contributed by atoms with Crippen molar-refractivity contribution in [1.29, 1.82) is 0 Å². The minimum Gasteiger partial charge on any atom is -0.479 e. The van der Waals surface area contributed by atoms with Crippen LogP contribution in [0.15, 0.2) is 49.1 Å². The summed E-state index contributed by atoms with van der Waals surface area (Å²) < 4.78 is 85.0. The van der Waals surface area contributed by atoms with E-state index in [1.165, 1.54) is 35.3 Å². The lowest BCUT2D eigenvalue weighted by Crippen LogP contribution is -2.38. The number of ether oxygens (including phenoxy) is 1. The monoisotopic (exact) mass is 571 g/mol. The number of rotatable bonds is 6. The number of anilines is 1. The number of benzene rings is 1. The zero-order chi connectivity index (χ0) is 28.2. The van der Waals surface area contributed by atoms with Gasteiger partial charge in [0.25, 0.3) is 0 Å². The molecule has 0 aliphatic carbocycles. The molecule has 1 atom stereocenters. The third kappa shape index (κ3) is 4.96. The fourth-order valence-corrected chi connectivity index (χ4v) is 4.68. The molecular formula is C25H20ClF6N5O2. The van der Waals surface area contributed by atoms with Crippen molar-refractivity contribution in [1.82, 2.24) is 19.5 Å². The highest BCUT2D eigenvalue weighted by molar-refractivity contribution is 6.37. The first-order valence-electron chi connectivity index (χ1n) is 11.6. The molecule has 0 amide bonds. The van der Waals surface area contributed by atoms with Crippen molar-refractivity contribution in [3.05, 3.63) is 76.6 Å². The van der Waals surface area contributed by atoms with Crippen LogP contribution in [0.3, 0.4) is 0 Å². The van der Waals surface area contributed by atoms with E-state index in [0.29, 0.717) is 18.6 Å². The molecule has 1 aliphatic rings. The van der Waals surface area contributed by atoms with Crippen LogP contribution in [0, 0.1) is 0 Å². The fraction of sp³-hybridized carbons (Fsp3) is 0.320. The Morgan fingerprint density at radius 3 is 2.28 bits per heavy atom.